The maximum Gasteiger partial charge on any atom is 0.256 e. The van der Waals surface area contributed by atoms with E-state index in [-0.39, 0.29) is 17.9 Å². The maximum atomic E-state index is 13.7. The van der Waals surface area contributed by atoms with Gasteiger partial charge in [0.2, 0.25) is 0 Å². The first kappa shape index (κ1) is 26.2. The van der Waals surface area contributed by atoms with Crippen LogP contribution in [0.2, 0.25) is 0 Å². The van der Waals surface area contributed by atoms with Gasteiger partial charge in [0, 0.05) is 50.8 Å². The minimum atomic E-state index is -0.00600. The molecule has 1 saturated carbocycles. The van der Waals surface area contributed by atoms with Crippen molar-refractivity contribution >= 4 is 17.3 Å². The topological polar surface area (TPSA) is 68.0 Å². The van der Waals surface area contributed by atoms with E-state index in [4.69, 9.17) is 4.74 Å². The van der Waals surface area contributed by atoms with E-state index in [9.17, 15) is 9.59 Å². The van der Waals surface area contributed by atoms with Crippen molar-refractivity contribution in [3.8, 4) is 11.4 Å². The molecule has 3 fully saturated rings. The molecule has 0 spiro atoms. The largest absolute Gasteiger partial charge is 0.381 e. The molecule has 7 nitrogen and oxygen atoms in total. The fraction of sp³-hybridized carbons (Fsp3) is 0.562. The molecule has 3 aromatic rings. The predicted molar refractivity (Wildman–Crippen MR) is 153 cm³/mol. The summed E-state index contributed by atoms with van der Waals surface area (Å²) in [6, 6.07) is 10.4. The molecule has 0 unspecified atom stereocenters. The van der Waals surface area contributed by atoms with E-state index in [1.54, 1.807) is 0 Å². The van der Waals surface area contributed by atoms with Crippen LogP contribution in [0.3, 0.4) is 0 Å². The number of fused-ring (bicyclic) bond motifs is 1. The molecule has 3 aromatic heterocycles. The van der Waals surface area contributed by atoms with Gasteiger partial charge in [-0.25, -0.2) is 0 Å². The van der Waals surface area contributed by atoms with E-state index in [1.807, 2.05) is 29.3 Å². The number of carbonyl (C=O) groups is 2. The Morgan fingerprint density at radius 2 is 1.62 bits per heavy atom. The quantitative estimate of drug-likeness (QED) is 0.436. The Balaban J connectivity index is 1.41. The Labute approximate surface area is 231 Å². The summed E-state index contributed by atoms with van der Waals surface area (Å²) in [7, 11) is 0. The number of ether oxygens (including phenoxy) is 1. The van der Waals surface area contributed by atoms with Crippen LogP contribution in [0.15, 0.2) is 36.5 Å². The normalized spacial score (nSPS) is 19.5. The summed E-state index contributed by atoms with van der Waals surface area (Å²) >= 11 is 0. The van der Waals surface area contributed by atoms with Gasteiger partial charge in [-0.2, -0.15) is 0 Å². The summed E-state index contributed by atoms with van der Waals surface area (Å²) in [5.74, 6) is 0.716. The van der Waals surface area contributed by atoms with Gasteiger partial charge in [-0.05, 0) is 82.1 Å². The van der Waals surface area contributed by atoms with Crippen molar-refractivity contribution in [2.75, 3.05) is 26.3 Å². The third-order valence-electron chi connectivity index (χ3n) is 9.15. The van der Waals surface area contributed by atoms with E-state index in [0.717, 1.165) is 79.0 Å². The summed E-state index contributed by atoms with van der Waals surface area (Å²) in [5.41, 5.74) is 5.43. The zero-order valence-corrected chi connectivity index (χ0v) is 23.3. The van der Waals surface area contributed by atoms with Crippen LogP contribution in [-0.4, -0.2) is 58.0 Å². The Bertz CT molecular complexity index is 1320. The fourth-order valence-corrected chi connectivity index (χ4v) is 6.84. The van der Waals surface area contributed by atoms with E-state index in [1.165, 1.54) is 38.5 Å². The second-order valence-corrected chi connectivity index (χ2v) is 11.8. The van der Waals surface area contributed by atoms with Gasteiger partial charge in [0.25, 0.3) is 11.8 Å². The van der Waals surface area contributed by atoms with Crippen molar-refractivity contribution in [1.82, 2.24) is 19.2 Å². The number of hydrogen-bond donors (Lipinski definition) is 1. The SMILES string of the molecule is Cc1c(C(=O)NC2CCOCC2)cc(-c2cc(C(=O)N3CCCCC3)c3ccccn23)n1CC1CCCCC1. The molecule has 208 valence electrons. The maximum absolute atomic E-state index is 13.7. The highest BCUT2D eigenvalue weighted by Crippen LogP contribution is 2.34. The van der Waals surface area contributed by atoms with Crippen molar-refractivity contribution in [2.45, 2.75) is 83.7 Å². The van der Waals surface area contributed by atoms with Crippen molar-refractivity contribution in [3.63, 3.8) is 0 Å². The standard InChI is InChI=1S/C32H42N4O3/c1-23-26(31(37)33-25-13-18-39-19-14-25)20-30(36(23)22-24-10-4-2-5-11-24)29-21-27(28-12-6-9-17-35(28)29)32(38)34-15-7-3-8-16-34/h6,9,12,17,20-21,24-25H,2-5,7-8,10-11,13-16,18-19,22H2,1H3,(H,33,37). The fourth-order valence-electron chi connectivity index (χ4n) is 6.84. The number of aromatic nitrogens is 2. The molecule has 39 heavy (non-hydrogen) atoms. The summed E-state index contributed by atoms with van der Waals surface area (Å²) in [6.07, 6.45) is 13.4. The molecule has 2 amide bonds. The van der Waals surface area contributed by atoms with Crippen LogP contribution < -0.4 is 5.32 Å². The Morgan fingerprint density at radius 3 is 2.38 bits per heavy atom. The summed E-state index contributed by atoms with van der Waals surface area (Å²) < 4.78 is 10.00. The second-order valence-electron chi connectivity index (χ2n) is 11.8. The molecule has 6 rings (SSSR count). The molecular weight excluding hydrogens is 488 g/mol. The molecule has 1 aliphatic carbocycles. The lowest BCUT2D eigenvalue weighted by Crippen LogP contribution is -2.39. The first-order chi connectivity index (χ1) is 19.1. The number of hydrogen-bond acceptors (Lipinski definition) is 3. The molecule has 2 aliphatic heterocycles. The van der Waals surface area contributed by atoms with E-state index < -0.39 is 0 Å². The number of piperidine rings is 1. The predicted octanol–water partition coefficient (Wildman–Crippen LogP) is 5.83. The lowest BCUT2D eigenvalue weighted by molar-refractivity contribution is 0.0694. The Hall–Kier alpha value is -3.06. The van der Waals surface area contributed by atoms with Crippen molar-refractivity contribution in [2.24, 2.45) is 5.92 Å². The number of carbonyl (C=O) groups excluding carboxylic acids is 2. The Kier molecular flexibility index (Phi) is 7.78. The number of nitrogens with zero attached hydrogens (tertiary/aromatic N) is 3. The lowest BCUT2D eigenvalue weighted by Gasteiger charge is -2.26. The second kappa shape index (κ2) is 11.6. The smallest absolute Gasteiger partial charge is 0.256 e. The molecule has 0 radical (unpaired) electrons. The zero-order valence-electron chi connectivity index (χ0n) is 23.3. The van der Waals surface area contributed by atoms with Crippen LogP contribution in [0.25, 0.3) is 16.9 Å². The molecule has 5 heterocycles. The average Bonchev–Trinajstić information content (AvgIpc) is 3.52. The minimum absolute atomic E-state index is 0.00600. The molecule has 0 atom stereocenters. The highest BCUT2D eigenvalue weighted by atomic mass is 16.5. The molecule has 0 bridgehead atoms. The van der Waals surface area contributed by atoms with Gasteiger partial charge in [-0.1, -0.05) is 25.3 Å². The molecule has 2 saturated heterocycles. The highest BCUT2D eigenvalue weighted by Gasteiger charge is 2.28. The van der Waals surface area contributed by atoms with Crippen LogP contribution in [0, 0.1) is 12.8 Å². The van der Waals surface area contributed by atoms with Gasteiger partial charge in [0.1, 0.15) is 0 Å². The molecule has 3 aliphatic rings. The molecule has 1 N–H and O–H groups in total. The van der Waals surface area contributed by atoms with E-state index >= 15 is 0 Å². The number of rotatable bonds is 6. The monoisotopic (exact) mass is 530 g/mol. The first-order valence-corrected chi connectivity index (χ1v) is 15.1. The zero-order chi connectivity index (χ0) is 26.8. The molecule has 7 heteroatoms. The van der Waals surface area contributed by atoms with Crippen LogP contribution in [0.1, 0.15) is 90.6 Å². The van der Waals surface area contributed by atoms with Gasteiger partial charge in [-0.15, -0.1) is 0 Å². The van der Waals surface area contributed by atoms with E-state index in [2.05, 4.69) is 33.3 Å². The lowest BCUT2D eigenvalue weighted by atomic mass is 9.89. The first-order valence-electron chi connectivity index (χ1n) is 15.1. The summed E-state index contributed by atoms with van der Waals surface area (Å²) in [5, 5.41) is 3.28. The number of amides is 2. The number of pyridine rings is 1. The summed E-state index contributed by atoms with van der Waals surface area (Å²) in [6.45, 7) is 6.03. The van der Waals surface area contributed by atoms with Crippen molar-refractivity contribution < 1.29 is 14.3 Å². The third kappa shape index (κ3) is 5.38. The van der Waals surface area contributed by atoms with Gasteiger partial charge in [0.05, 0.1) is 28.0 Å². The van der Waals surface area contributed by atoms with Gasteiger partial charge in [-0.3, -0.25) is 9.59 Å². The van der Waals surface area contributed by atoms with Gasteiger partial charge in [0.15, 0.2) is 0 Å². The van der Waals surface area contributed by atoms with Crippen LogP contribution in [0.5, 0.6) is 0 Å². The van der Waals surface area contributed by atoms with Crippen LogP contribution in [0.4, 0.5) is 0 Å². The van der Waals surface area contributed by atoms with E-state index in [0.29, 0.717) is 19.1 Å². The minimum Gasteiger partial charge on any atom is -0.381 e. The van der Waals surface area contributed by atoms with Gasteiger partial charge < -0.3 is 23.9 Å². The molecule has 0 aromatic carbocycles. The highest BCUT2D eigenvalue weighted by molar-refractivity contribution is 6.03. The van der Waals surface area contributed by atoms with Gasteiger partial charge >= 0.3 is 0 Å². The van der Waals surface area contributed by atoms with Crippen molar-refractivity contribution in [1.29, 1.82) is 0 Å². The third-order valence-corrected chi connectivity index (χ3v) is 9.15. The van der Waals surface area contributed by atoms with Crippen LogP contribution in [-0.2, 0) is 11.3 Å². The van der Waals surface area contributed by atoms with Crippen molar-refractivity contribution in [3.05, 3.63) is 53.3 Å². The summed E-state index contributed by atoms with van der Waals surface area (Å²) in [4.78, 5) is 29.3. The Morgan fingerprint density at radius 1 is 0.897 bits per heavy atom. The van der Waals surface area contributed by atoms with Crippen LogP contribution >= 0.6 is 0 Å². The number of likely N-dealkylation sites (tertiary alicyclic amines) is 1. The molecular formula is C32H42N4O3. The average molecular weight is 531 g/mol. The number of nitrogens with one attached hydrogen (secondary N) is 1.